The molecule has 0 bridgehead atoms. The fourth-order valence-electron chi connectivity index (χ4n) is 4.60. The summed E-state index contributed by atoms with van der Waals surface area (Å²) in [4.78, 5) is 11.1. The Bertz CT molecular complexity index is 1450. The van der Waals surface area contributed by atoms with E-state index in [0.29, 0.717) is 36.6 Å². The summed E-state index contributed by atoms with van der Waals surface area (Å²) in [6, 6.07) is 27.1. The van der Waals surface area contributed by atoms with Crippen LogP contribution in [-0.2, 0) is 30.6 Å². The van der Waals surface area contributed by atoms with Gasteiger partial charge in [-0.3, -0.25) is 4.79 Å². The third-order valence-electron chi connectivity index (χ3n) is 6.86. The second kappa shape index (κ2) is 13.9. The molecule has 4 nitrogen and oxygen atoms in total. The van der Waals surface area contributed by atoms with Gasteiger partial charge in [0.2, 0.25) is 5.91 Å². The van der Waals surface area contributed by atoms with Gasteiger partial charge in [0.25, 0.3) is 0 Å². The Morgan fingerprint density at radius 3 is 2.34 bits per heavy atom. The predicted molar refractivity (Wildman–Crippen MR) is 155 cm³/mol. The molecule has 0 fully saturated rings. The van der Waals surface area contributed by atoms with E-state index in [0.717, 1.165) is 52.8 Å². The second-order valence-electron chi connectivity index (χ2n) is 9.94. The molecule has 0 aliphatic heterocycles. The van der Waals surface area contributed by atoms with Crippen LogP contribution in [0.15, 0.2) is 91.0 Å². The van der Waals surface area contributed by atoms with Crippen LogP contribution in [-0.4, -0.2) is 12.5 Å². The molecule has 0 atom stereocenters. The Morgan fingerprint density at radius 1 is 0.805 bits per heavy atom. The van der Waals surface area contributed by atoms with Crippen LogP contribution in [0.3, 0.4) is 0 Å². The van der Waals surface area contributed by atoms with Gasteiger partial charge in [-0.05, 0) is 77.8 Å². The first-order valence-corrected chi connectivity index (χ1v) is 13.6. The van der Waals surface area contributed by atoms with Crippen molar-refractivity contribution in [2.45, 2.75) is 52.5 Å². The molecule has 0 aliphatic carbocycles. The Morgan fingerprint density at radius 2 is 1.59 bits per heavy atom. The largest absolute Gasteiger partial charge is 0.489 e. The standard InChI is InChI=1S/C34H34F3NO3/c1-24-29(14-9-16-32(24)27-11-4-3-5-12-27)23-40-31-18-17-28(13-6-7-19-38-25(2)39)33(21-31)41-22-26-10-8-15-30(20-26)34(35,36)37/h3-5,8-12,14-18,20-21H,6-7,13,19,22-23H2,1-2H3,(H,38,39). The molecule has 0 aromatic heterocycles. The van der Waals surface area contributed by atoms with Crippen molar-refractivity contribution >= 4 is 5.91 Å². The number of halogens is 3. The quantitative estimate of drug-likeness (QED) is 0.177. The molecule has 0 saturated heterocycles. The van der Waals surface area contributed by atoms with Crippen LogP contribution in [0.1, 0.15) is 47.6 Å². The first kappa shape index (κ1) is 29.7. The number of rotatable bonds is 12. The van der Waals surface area contributed by atoms with Crippen molar-refractivity contribution in [1.82, 2.24) is 5.32 Å². The van der Waals surface area contributed by atoms with Crippen LogP contribution < -0.4 is 14.8 Å². The highest BCUT2D eigenvalue weighted by Crippen LogP contribution is 2.32. The summed E-state index contributed by atoms with van der Waals surface area (Å²) in [5.41, 5.74) is 5.12. The highest BCUT2D eigenvalue weighted by Gasteiger charge is 2.30. The lowest BCUT2D eigenvalue weighted by atomic mass is 9.97. The van der Waals surface area contributed by atoms with E-state index >= 15 is 0 Å². The van der Waals surface area contributed by atoms with Gasteiger partial charge in [-0.2, -0.15) is 13.2 Å². The van der Waals surface area contributed by atoms with Crippen molar-refractivity contribution in [2.75, 3.05) is 6.54 Å². The summed E-state index contributed by atoms with van der Waals surface area (Å²) in [5, 5.41) is 2.79. The number of hydrogen-bond donors (Lipinski definition) is 1. The van der Waals surface area contributed by atoms with Crippen LogP contribution in [0.2, 0.25) is 0 Å². The first-order chi connectivity index (χ1) is 19.7. The van der Waals surface area contributed by atoms with Crippen molar-refractivity contribution in [2.24, 2.45) is 0 Å². The minimum atomic E-state index is -4.42. The van der Waals surface area contributed by atoms with Gasteiger partial charge in [0.15, 0.2) is 0 Å². The lowest BCUT2D eigenvalue weighted by Gasteiger charge is -2.16. The number of benzene rings is 4. The van der Waals surface area contributed by atoms with Gasteiger partial charge in [-0.15, -0.1) is 0 Å². The molecule has 4 rings (SSSR count). The molecule has 214 valence electrons. The van der Waals surface area contributed by atoms with Crippen LogP contribution >= 0.6 is 0 Å². The summed E-state index contributed by atoms with van der Waals surface area (Å²) in [5.74, 6) is 1.10. The van der Waals surface area contributed by atoms with Gasteiger partial charge >= 0.3 is 6.18 Å². The number of ether oxygens (including phenoxy) is 2. The zero-order valence-corrected chi connectivity index (χ0v) is 23.3. The molecule has 1 N–H and O–H groups in total. The molecule has 0 aliphatic rings. The molecule has 0 unspecified atom stereocenters. The molecule has 41 heavy (non-hydrogen) atoms. The van der Waals surface area contributed by atoms with Crippen molar-refractivity contribution < 1.29 is 27.4 Å². The number of carbonyl (C=O) groups excluding carboxylic acids is 1. The first-order valence-electron chi connectivity index (χ1n) is 13.6. The zero-order valence-electron chi connectivity index (χ0n) is 23.3. The van der Waals surface area contributed by atoms with E-state index in [1.165, 1.54) is 13.0 Å². The van der Waals surface area contributed by atoms with Crippen molar-refractivity contribution in [3.05, 3.63) is 119 Å². The smallest absolute Gasteiger partial charge is 0.416 e. The molecular weight excluding hydrogens is 527 g/mol. The summed E-state index contributed by atoms with van der Waals surface area (Å²) in [6.45, 7) is 4.49. The van der Waals surface area contributed by atoms with Crippen LogP contribution in [0.25, 0.3) is 11.1 Å². The van der Waals surface area contributed by atoms with Gasteiger partial charge in [0.1, 0.15) is 24.7 Å². The Hall–Kier alpha value is -4.26. The molecule has 0 saturated carbocycles. The maximum Gasteiger partial charge on any atom is 0.416 e. The molecular formula is C34H34F3NO3. The normalized spacial score (nSPS) is 11.2. The summed E-state index contributed by atoms with van der Waals surface area (Å²) in [6.07, 6.45) is -2.12. The number of hydrogen-bond acceptors (Lipinski definition) is 3. The molecule has 4 aromatic carbocycles. The van der Waals surface area contributed by atoms with Crippen molar-refractivity contribution in [3.8, 4) is 22.6 Å². The third kappa shape index (κ3) is 8.61. The van der Waals surface area contributed by atoms with Crippen LogP contribution in [0, 0.1) is 6.92 Å². The maximum absolute atomic E-state index is 13.2. The van der Waals surface area contributed by atoms with Gasteiger partial charge in [-0.1, -0.05) is 66.7 Å². The number of nitrogens with one attached hydrogen (secondary N) is 1. The average Bonchev–Trinajstić information content (AvgIpc) is 2.96. The van der Waals surface area contributed by atoms with E-state index in [1.54, 1.807) is 12.1 Å². The fourth-order valence-corrected chi connectivity index (χ4v) is 4.60. The topological polar surface area (TPSA) is 47.6 Å². The maximum atomic E-state index is 13.2. The predicted octanol–water partition coefficient (Wildman–Crippen LogP) is 8.30. The summed E-state index contributed by atoms with van der Waals surface area (Å²) >= 11 is 0. The number of carbonyl (C=O) groups is 1. The van der Waals surface area contributed by atoms with E-state index < -0.39 is 11.7 Å². The lowest BCUT2D eigenvalue weighted by molar-refractivity contribution is -0.137. The minimum absolute atomic E-state index is 0.00943. The van der Waals surface area contributed by atoms with E-state index in [4.69, 9.17) is 9.47 Å². The van der Waals surface area contributed by atoms with Crippen LogP contribution in [0.4, 0.5) is 13.2 Å². The summed E-state index contributed by atoms with van der Waals surface area (Å²) in [7, 11) is 0. The third-order valence-corrected chi connectivity index (χ3v) is 6.86. The van der Waals surface area contributed by atoms with Gasteiger partial charge in [0, 0.05) is 19.5 Å². The zero-order chi connectivity index (χ0) is 29.2. The van der Waals surface area contributed by atoms with E-state index in [1.807, 2.05) is 42.5 Å². The van der Waals surface area contributed by atoms with E-state index in [2.05, 4.69) is 30.4 Å². The highest BCUT2D eigenvalue weighted by atomic mass is 19.4. The second-order valence-corrected chi connectivity index (χ2v) is 9.94. The summed E-state index contributed by atoms with van der Waals surface area (Å²) < 4.78 is 51.8. The number of aryl methyl sites for hydroxylation is 1. The molecule has 0 radical (unpaired) electrons. The monoisotopic (exact) mass is 561 g/mol. The van der Waals surface area contributed by atoms with Crippen molar-refractivity contribution in [1.29, 1.82) is 0 Å². The van der Waals surface area contributed by atoms with Crippen molar-refractivity contribution in [3.63, 3.8) is 0 Å². The molecule has 0 heterocycles. The highest BCUT2D eigenvalue weighted by molar-refractivity contribution is 5.72. The van der Waals surface area contributed by atoms with Gasteiger partial charge in [-0.25, -0.2) is 0 Å². The minimum Gasteiger partial charge on any atom is -0.489 e. The number of unbranched alkanes of at least 4 members (excludes halogenated alkanes) is 1. The molecule has 0 spiro atoms. The number of alkyl halides is 3. The number of amides is 1. The molecule has 4 aromatic rings. The Balaban J connectivity index is 1.49. The fraction of sp³-hybridized carbons (Fsp3) is 0.265. The van der Waals surface area contributed by atoms with Gasteiger partial charge < -0.3 is 14.8 Å². The lowest BCUT2D eigenvalue weighted by Crippen LogP contribution is -2.20. The van der Waals surface area contributed by atoms with E-state index in [9.17, 15) is 18.0 Å². The molecule has 7 heteroatoms. The molecule has 1 amide bonds. The average molecular weight is 562 g/mol. The van der Waals surface area contributed by atoms with E-state index in [-0.39, 0.29) is 12.5 Å². The van der Waals surface area contributed by atoms with Crippen LogP contribution in [0.5, 0.6) is 11.5 Å². The SMILES string of the molecule is CC(=O)NCCCCc1ccc(OCc2cccc(-c3ccccc3)c2C)cc1OCc1cccc(C(F)(F)F)c1. The van der Waals surface area contributed by atoms with Gasteiger partial charge in [0.05, 0.1) is 5.56 Å². The Labute approximate surface area is 239 Å². The Kier molecular flexibility index (Phi) is 10.1.